The van der Waals surface area contributed by atoms with E-state index in [-0.39, 0.29) is 11.5 Å². The lowest BCUT2D eigenvalue weighted by molar-refractivity contribution is 0.0691. The number of carbonyl (C=O) groups is 1. The van der Waals surface area contributed by atoms with Crippen LogP contribution in [-0.2, 0) is 0 Å². The summed E-state index contributed by atoms with van der Waals surface area (Å²) in [7, 11) is 0. The van der Waals surface area contributed by atoms with E-state index in [0.29, 0.717) is 10.6 Å². The molecule has 0 saturated carbocycles. The van der Waals surface area contributed by atoms with Gasteiger partial charge in [0.2, 0.25) is 0 Å². The van der Waals surface area contributed by atoms with Gasteiger partial charge in [0.1, 0.15) is 0 Å². The Morgan fingerprint density at radius 2 is 2.25 bits per heavy atom. The molecule has 16 heavy (non-hydrogen) atoms. The summed E-state index contributed by atoms with van der Waals surface area (Å²) in [6.45, 7) is 0. The highest BCUT2D eigenvalue weighted by Gasteiger charge is 2.17. The predicted molar refractivity (Wildman–Crippen MR) is 61.6 cm³/mol. The van der Waals surface area contributed by atoms with Crippen LogP contribution < -0.4 is 0 Å². The van der Waals surface area contributed by atoms with Crippen molar-refractivity contribution < 1.29 is 14.3 Å². The molecule has 2 aromatic rings. The molecule has 0 bridgehead atoms. The minimum atomic E-state index is -1.14. The van der Waals surface area contributed by atoms with Crippen molar-refractivity contribution in [2.24, 2.45) is 0 Å². The van der Waals surface area contributed by atoms with Crippen LogP contribution in [0.15, 0.2) is 33.5 Å². The molecule has 6 heteroatoms. The fraction of sp³-hybridized carbons (Fsp3) is 0. The quantitative estimate of drug-likeness (QED) is 0.923. The Balaban J connectivity index is 2.54. The summed E-state index contributed by atoms with van der Waals surface area (Å²) in [6.07, 6.45) is 1.09. The fourth-order valence-corrected chi connectivity index (χ4v) is 1.67. The first-order chi connectivity index (χ1) is 7.59. The number of aromatic nitrogens is 1. The molecule has 1 aromatic heterocycles. The van der Waals surface area contributed by atoms with Gasteiger partial charge in [-0.1, -0.05) is 11.6 Å². The molecule has 0 fully saturated rings. The van der Waals surface area contributed by atoms with E-state index in [2.05, 4.69) is 20.9 Å². The van der Waals surface area contributed by atoms with Gasteiger partial charge in [-0.15, -0.1) is 0 Å². The van der Waals surface area contributed by atoms with E-state index >= 15 is 0 Å². The molecule has 0 unspecified atom stereocenters. The summed E-state index contributed by atoms with van der Waals surface area (Å²) in [5.41, 5.74) is 0.446. The minimum absolute atomic E-state index is 0.126. The molecule has 1 N–H and O–H groups in total. The smallest absolute Gasteiger partial charge is 0.358 e. The van der Waals surface area contributed by atoms with Crippen molar-refractivity contribution in [2.45, 2.75) is 0 Å². The van der Waals surface area contributed by atoms with Gasteiger partial charge in [0.05, 0.1) is 5.02 Å². The molecule has 1 heterocycles. The number of hydrogen-bond donors (Lipinski definition) is 1. The Morgan fingerprint density at radius 3 is 2.88 bits per heavy atom. The highest BCUT2D eigenvalue weighted by Crippen LogP contribution is 2.30. The standard InChI is InChI=1S/C10H5BrClNO3/c11-6-2-1-5(3-7(6)12)9-8(10(14)15)13-4-16-9/h1-4H,(H,14,15). The van der Waals surface area contributed by atoms with Gasteiger partial charge in [-0.25, -0.2) is 9.78 Å². The third kappa shape index (κ3) is 1.96. The van der Waals surface area contributed by atoms with Crippen molar-refractivity contribution >= 4 is 33.5 Å². The van der Waals surface area contributed by atoms with Gasteiger partial charge in [0, 0.05) is 10.0 Å². The van der Waals surface area contributed by atoms with E-state index in [1.54, 1.807) is 18.2 Å². The predicted octanol–water partition coefficient (Wildman–Crippen LogP) is 3.46. The fourth-order valence-electron chi connectivity index (χ4n) is 1.24. The lowest BCUT2D eigenvalue weighted by Gasteiger charge is -2.00. The molecule has 0 aliphatic heterocycles. The van der Waals surface area contributed by atoms with Crippen molar-refractivity contribution in [3.63, 3.8) is 0 Å². The van der Waals surface area contributed by atoms with Gasteiger partial charge in [-0.2, -0.15) is 0 Å². The van der Waals surface area contributed by atoms with Crippen LogP contribution in [0.1, 0.15) is 10.5 Å². The third-order valence-corrected chi connectivity index (χ3v) is 3.18. The number of halogens is 2. The first-order valence-corrected chi connectivity index (χ1v) is 5.39. The van der Waals surface area contributed by atoms with Crippen molar-refractivity contribution in [1.29, 1.82) is 0 Å². The number of rotatable bonds is 2. The van der Waals surface area contributed by atoms with Gasteiger partial charge in [0.25, 0.3) is 0 Å². The summed E-state index contributed by atoms with van der Waals surface area (Å²) < 4.78 is 5.77. The first kappa shape index (κ1) is 11.2. The maximum absolute atomic E-state index is 10.8. The molecule has 0 amide bonds. The normalized spacial score (nSPS) is 10.4. The number of oxazole rings is 1. The van der Waals surface area contributed by atoms with E-state index < -0.39 is 5.97 Å². The lowest BCUT2D eigenvalue weighted by atomic mass is 10.1. The summed E-state index contributed by atoms with van der Waals surface area (Å²) >= 11 is 9.15. The number of aromatic carboxylic acids is 1. The van der Waals surface area contributed by atoms with Gasteiger partial charge < -0.3 is 9.52 Å². The Hall–Kier alpha value is -1.33. The Labute approximate surface area is 104 Å². The van der Waals surface area contributed by atoms with Crippen LogP contribution in [0, 0.1) is 0 Å². The van der Waals surface area contributed by atoms with Gasteiger partial charge >= 0.3 is 5.97 Å². The molecule has 0 spiro atoms. The van der Waals surface area contributed by atoms with Crippen LogP contribution in [0.4, 0.5) is 0 Å². The molecule has 82 valence electrons. The molecule has 1 aromatic carbocycles. The summed E-state index contributed by atoms with van der Waals surface area (Å²) in [4.78, 5) is 14.5. The average Bonchev–Trinajstić information content (AvgIpc) is 2.71. The minimum Gasteiger partial charge on any atom is -0.476 e. The van der Waals surface area contributed by atoms with Crippen LogP contribution in [0.25, 0.3) is 11.3 Å². The molecular weight excluding hydrogens is 297 g/mol. The van der Waals surface area contributed by atoms with Gasteiger partial charge in [0.15, 0.2) is 17.8 Å². The Morgan fingerprint density at radius 1 is 1.50 bits per heavy atom. The van der Waals surface area contributed by atoms with E-state index in [4.69, 9.17) is 21.1 Å². The number of carboxylic acids is 1. The van der Waals surface area contributed by atoms with Crippen molar-refractivity contribution in [3.8, 4) is 11.3 Å². The summed E-state index contributed by atoms with van der Waals surface area (Å²) in [5.74, 6) is -0.940. The van der Waals surface area contributed by atoms with Crippen LogP contribution >= 0.6 is 27.5 Å². The van der Waals surface area contributed by atoms with Crippen molar-refractivity contribution in [3.05, 3.63) is 39.8 Å². The van der Waals surface area contributed by atoms with Gasteiger partial charge in [-0.05, 0) is 34.1 Å². The zero-order valence-electron chi connectivity index (χ0n) is 7.78. The molecule has 4 nitrogen and oxygen atoms in total. The highest BCUT2D eigenvalue weighted by atomic mass is 79.9. The number of hydrogen-bond acceptors (Lipinski definition) is 3. The average molecular weight is 303 g/mol. The molecule has 2 rings (SSSR count). The molecule has 0 radical (unpaired) electrons. The second kappa shape index (κ2) is 4.27. The zero-order valence-corrected chi connectivity index (χ0v) is 10.1. The number of benzene rings is 1. The summed E-state index contributed by atoms with van der Waals surface area (Å²) in [5, 5.41) is 9.35. The molecule has 0 atom stereocenters. The largest absolute Gasteiger partial charge is 0.476 e. The second-order valence-electron chi connectivity index (χ2n) is 2.96. The van der Waals surface area contributed by atoms with Crippen molar-refractivity contribution in [2.75, 3.05) is 0 Å². The Bertz CT molecular complexity index is 553. The molecule has 0 aliphatic carbocycles. The van der Waals surface area contributed by atoms with Crippen LogP contribution in [0.3, 0.4) is 0 Å². The topological polar surface area (TPSA) is 63.3 Å². The van der Waals surface area contributed by atoms with Crippen molar-refractivity contribution in [1.82, 2.24) is 4.98 Å². The number of carboxylic acid groups (broad SMARTS) is 1. The second-order valence-corrected chi connectivity index (χ2v) is 4.23. The number of nitrogens with zero attached hydrogens (tertiary/aromatic N) is 1. The third-order valence-electron chi connectivity index (χ3n) is 1.95. The van der Waals surface area contributed by atoms with Crippen LogP contribution in [0.2, 0.25) is 5.02 Å². The maximum Gasteiger partial charge on any atom is 0.358 e. The summed E-state index contributed by atoms with van der Waals surface area (Å²) in [6, 6.07) is 5.02. The zero-order chi connectivity index (χ0) is 11.7. The van der Waals surface area contributed by atoms with E-state index in [1.807, 2.05) is 0 Å². The molecule has 0 saturated heterocycles. The Kier molecular flexibility index (Phi) is 2.98. The van der Waals surface area contributed by atoms with Crippen LogP contribution in [0.5, 0.6) is 0 Å². The van der Waals surface area contributed by atoms with Gasteiger partial charge in [-0.3, -0.25) is 0 Å². The van der Waals surface area contributed by atoms with E-state index in [1.165, 1.54) is 0 Å². The monoisotopic (exact) mass is 301 g/mol. The maximum atomic E-state index is 10.8. The highest BCUT2D eigenvalue weighted by molar-refractivity contribution is 9.10. The molecule has 0 aliphatic rings. The van der Waals surface area contributed by atoms with Crippen LogP contribution in [-0.4, -0.2) is 16.1 Å². The SMILES string of the molecule is O=C(O)c1ncoc1-c1ccc(Br)c(Cl)c1. The molecular formula is C10H5BrClNO3. The van der Waals surface area contributed by atoms with E-state index in [9.17, 15) is 4.79 Å². The lowest BCUT2D eigenvalue weighted by Crippen LogP contribution is -1.98. The van der Waals surface area contributed by atoms with E-state index in [0.717, 1.165) is 10.9 Å². The first-order valence-electron chi connectivity index (χ1n) is 4.22.